The average molecular weight is 408 g/mol. The van der Waals surface area contributed by atoms with Crippen molar-refractivity contribution in [1.29, 1.82) is 0 Å². The first-order valence-corrected chi connectivity index (χ1v) is 12.0. The molecule has 2 atom stereocenters. The van der Waals surface area contributed by atoms with Crippen LogP contribution >= 0.6 is 11.8 Å². The molecule has 0 radical (unpaired) electrons. The number of nitrogens with zero attached hydrogens (tertiary/aromatic N) is 3. The van der Waals surface area contributed by atoms with Gasteiger partial charge in [0.2, 0.25) is 5.91 Å². The molecule has 8 heteroatoms. The van der Waals surface area contributed by atoms with Crippen LogP contribution in [0.3, 0.4) is 0 Å². The molecule has 0 bridgehead atoms. The third-order valence-electron chi connectivity index (χ3n) is 4.97. The zero-order valence-electron chi connectivity index (χ0n) is 15.9. The van der Waals surface area contributed by atoms with Gasteiger partial charge in [-0.15, -0.1) is 0 Å². The van der Waals surface area contributed by atoms with Crippen LogP contribution in [-0.4, -0.2) is 58.5 Å². The molecule has 0 aliphatic carbocycles. The molecule has 0 N–H and O–H groups in total. The molecule has 146 valence electrons. The van der Waals surface area contributed by atoms with E-state index < -0.39 is 9.84 Å². The number of amides is 1. The fourth-order valence-electron chi connectivity index (χ4n) is 3.47. The van der Waals surface area contributed by atoms with E-state index in [0.29, 0.717) is 12.2 Å². The van der Waals surface area contributed by atoms with E-state index in [0.717, 1.165) is 22.3 Å². The van der Waals surface area contributed by atoms with Crippen LogP contribution in [0.15, 0.2) is 29.3 Å². The molecule has 1 fully saturated rings. The van der Waals surface area contributed by atoms with Crippen LogP contribution in [0, 0.1) is 6.92 Å². The molecule has 2 heterocycles. The van der Waals surface area contributed by atoms with Gasteiger partial charge in [0.15, 0.2) is 9.84 Å². The van der Waals surface area contributed by atoms with Crippen molar-refractivity contribution in [3.8, 4) is 0 Å². The highest BCUT2D eigenvalue weighted by molar-refractivity contribution is 8.00. The van der Waals surface area contributed by atoms with E-state index in [1.165, 1.54) is 11.8 Å². The molecule has 27 heavy (non-hydrogen) atoms. The maximum atomic E-state index is 13.0. The lowest BCUT2D eigenvalue weighted by molar-refractivity contribution is -0.132. The Balaban J connectivity index is 1.79. The largest absolute Gasteiger partial charge is 0.335 e. The van der Waals surface area contributed by atoms with E-state index in [2.05, 4.69) is 9.97 Å². The first-order valence-electron chi connectivity index (χ1n) is 9.18. The minimum Gasteiger partial charge on any atom is -0.335 e. The lowest BCUT2D eigenvalue weighted by atomic mass is 10.1. The predicted molar refractivity (Wildman–Crippen MR) is 109 cm³/mol. The zero-order chi connectivity index (χ0) is 19.6. The van der Waals surface area contributed by atoms with Crippen LogP contribution in [0.1, 0.15) is 32.5 Å². The van der Waals surface area contributed by atoms with Gasteiger partial charge in [-0.3, -0.25) is 4.79 Å². The van der Waals surface area contributed by atoms with E-state index in [-0.39, 0.29) is 35.2 Å². The second-order valence-electron chi connectivity index (χ2n) is 7.00. The van der Waals surface area contributed by atoms with Crippen molar-refractivity contribution < 1.29 is 13.2 Å². The van der Waals surface area contributed by atoms with Crippen molar-refractivity contribution in [3.05, 3.63) is 30.1 Å². The van der Waals surface area contributed by atoms with Gasteiger partial charge in [0.25, 0.3) is 0 Å². The maximum Gasteiger partial charge on any atom is 0.233 e. The summed E-state index contributed by atoms with van der Waals surface area (Å²) in [6.45, 7) is 5.84. The van der Waals surface area contributed by atoms with E-state index in [9.17, 15) is 13.2 Å². The van der Waals surface area contributed by atoms with Gasteiger partial charge in [0.1, 0.15) is 10.9 Å². The van der Waals surface area contributed by atoms with Gasteiger partial charge in [-0.1, -0.05) is 36.9 Å². The normalized spacial score (nSPS) is 19.9. The van der Waals surface area contributed by atoms with Crippen molar-refractivity contribution in [1.82, 2.24) is 14.9 Å². The van der Waals surface area contributed by atoms with E-state index in [4.69, 9.17) is 0 Å². The zero-order valence-corrected chi connectivity index (χ0v) is 17.5. The molecule has 0 spiro atoms. The number of hydrogen-bond donors (Lipinski definition) is 0. The summed E-state index contributed by atoms with van der Waals surface area (Å²) < 4.78 is 23.8. The van der Waals surface area contributed by atoms with Crippen molar-refractivity contribution >= 4 is 38.4 Å². The van der Waals surface area contributed by atoms with Gasteiger partial charge in [0.05, 0.1) is 22.8 Å². The molecular weight excluding hydrogens is 382 g/mol. The van der Waals surface area contributed by atoms with Gasteiger partial charge >= 0.3 is 0 Å². The van der Waals surface area contributed by atoms with Gasteiger partial charge in [0, 0.05) is 17.5 Å². The molecule has 2 aromatic rings. The number of aromatic nitrogens is 2. The molecule has 1 amide bonds. The molecule has 0 saturated carbocycles. The Morgan fingerprint density at radius 3 is 2.74 bits per heavy atom. The summed E-state index contributed by atoms with van der Waals surface area (Å²) in [6, 6.07) is 7.55. The fourth-order valence-corrected chi connectivity index (χ4v) is 6.12. The summed E-state index contributed by atoms with van der Waals surface area (Å²) in [4.78, 5) is 23.7. The number of carbonyl (C=O) groups excluding carboxylic acids is 1. The Labute approximate surface area is 164 Å². The number of carbonyl (C=O) groups is 1. The maximum absolute atomic E-state index is 13.0. The number of rotatable bonds is 6. The van der Waals surface area contributed by atoms with Crippen molar-refractivity contribution in [2.45, 2.75) is 50.7 Å². The Kier molecular flexibility index (Phi) is 6.05. The Bertz CT molecular complexity index is 946. The smallest absolute Gasteiger partial charge is 0.233 e. The van der Waals surface area contributed by atoms with Crippen LogP contribution in [-0.2, 0) is 14.6 Å². The minimum atomic E-state index is -3.04. The Hall–Kier alpha value is -1.67. The summed E-state index contributed by atoms with van der Waals surface area (Å²) in [6.07, 6.45) is 1.32. The van der Waals surface area contributed by atoms with E-state index in [1.54, 1.807) is 4.90 Å². The highest BCUT2D eigenvalue weighted by atomic mass is 32.2. The molecule has 0 unspecified atom stereocenters. The van der Waals surface area contributed by atoms with Crippen LogP contribution in [0.4, 0.5) is 0 Å². The van der Waals surface area contributed by atoms with Crippen LogP contribution in [0.5, 0.6) is 0 Å². The molecule has 1 saturated heterocycles. The topological polar surface area (TPSA) is 80.2 Å². The van der Waals surface area contributed by atoms with Crippen molar-refractivity contribution in [2.24, 2.45) is 0 Å². The number of para-hydroxylation sites is 1. The second kappa shape index (κ2) is 8.14. The highest BCUT2D eigenvalue weighted by Gasteiger charge is 2.36. The number of benzene rings is 1. The lowest BCUT2D eigenvalue weighted by Crippen LogP contribution is -2.47. The first kappa shape index (κ1) is 20.1. The van der Waals surface area contributed by atoms with Crippen LogP contribution < -0.4 is 0 Å². The van der Waals surface area contributed by atoms with Gasteiger partial charge < -0.3 is 4.90 Å². The van der Waals surface area contributed by atoms with E-state index in [1.807, 2.05) is 45.0 Å². The number of aryl methyl sites for hydroxylation is 1. The molecule has 1 aliphatic rings. The second-order valence-corrected chi connectivity index (χ2v) is 10.2. The summed E-state index contributed by atoms with van der Waals surface area (Å²) in [7, 11) is -3.04. The number of sulfone groups is 1. The summed E-state index contributed by atoms with van der Waals surface area (Å²) >= 11 is 1.40. The molecule has 1 aromatic carbocycles. The number of fused-ring (bicyclic) bond motifs is 1. The van der Waals surface area contributed by atoms with Crippen LogP contribution in [0.25, 0.3) is 10.9 Å². The third-order valence-corrected chi connectivity index (χ3v) is 7.69. The summed E-state index contributed by atoms with van der Waals surface area (Å²) in [5.74, 6) is 1.12. The third kappa shape index (κ3) is 4.60. The van der Waals surface area contributed by atoms with Crippen LogP contribution in [0.2, 0.25) is 0 Å². The first-order chi connectivity index (χ1) is 12.8. The minimum absolute atomic E-state index is 0.0141. The monoisotopic (exact) mass is 407 g/mol. The van der Waals surface area contributed by atoms with Crippen molar-refractivity contribution in [2.75, 3.05) is 17.3 Å². The Morgan fingerprint density at radius 2 is 2.07 bits per heavy atom. The molecule has 6 nitrogen and oxygen atoms in total. The quantitative estimate of drug-likeness (QED) is 0.541. The summed E-state index contributed by atoms with van der Waals surface area (Å²) in [5, 5.41) is 1.72. The van der Waals surface area contributed by atoms with Gasteiger partial charge in [-0.2, -0.15) is 0 Å². The number of hydrogen-bond acceptors (Lipinski definition) is 6. The molecular formula is C19H25N3O3S2. The average Bonchev–Trinajstić information content (AvgIpc) is 2.98. The Morgan fingerprint density at radius 1 is 1.33 bits per heavy atom. The fraction of sp³-hybridized carbons (Fsp3) is 0.526. The van der Waals surface area contributed by atoms with E-state index >= 15 is 0 Å². The molecule has 1 aromatic heterocycles. The standard InChI is InChI=1S/C19H25N3O3S2/c1-4-13(2)22(15-9-10-27(24,25)12-15)18(23)11-26-19-16-7-5-6-8-17(16)20-14(3)21-19/h5-8,13,15H,4,9-12H2,1-3H3/t13-,15-/m0/s1. The molecule has 1 aliphatic heterocycles. The summed E-state index contributed by atoms with van der Waals surface area (Å²) in [5.41, 5.74) is 0.862. The number of thioether (sulfide) groups is 1. The lowest BCUT2D eigenvalue weighted by Gasteiger charge is -2.33. The highest BCUT2D eigenvalue weighted by Crippen LogP contribution is 2.27. The van der Waals surface area contributed by atoms with Crippen molar-refractivity contribution in [3.63, 3.8) is 0 Å². The SMILES string of the molecule is CC[C@H](C)N(C(=O)CSc1nc(C)nc2ccccc12)[C@H]1CCS(=O)(=O)C1. The van der Waals surface area contributed by atoms with Gasteiger partial charge in [-0.05, 0) is 32.8 Å². The predicted octanol–water partition coefficient (Wildman–Crippen LogP) is 2.84. The molecule has 3 rings (SSSR count). The van der Waals surface area contributed by atoms with Gasteiger partial charge in [-0.25, -0.2) is 18.4 Å².